The van der Waals surface area contributed by atoms with Gasteiger partial charge < -0.3 is 20.1 Å². The second-order valence-corrected chi connectivity index (χ2v) is 8.94. The van der Waals surface area contributed by atoms with Crippen molar-refractivity contribution in [3.63, 3.8) is 0 Å². The number of hydrogen-bond donors (Lipinski definition) is 2. The van der Waals surface area contributed by atoms with Crippen LogP contribution in [0.1, 0.15) is 18.2 Å². The summed E-state index contributed by atoms with van der Waals surface area (Å²) in [6, 6.07) is 16.5. The van der Waals surface area contributed by atoms with Gasteiger partial charge in [0.15, 0.2) is 0 Å². The van der Waals surface area contributed by atoms with Gasteiger partial charge in [0.2, 0.25) is 5.91 Å². The highest BCUT2D eigenvalue weighted by Crippen LogP contribution is 2.37. The molecule has 0 aliphatic carbocycles. The number of nitrogens with zero attached hydrogens (tertiary/aromatic N) is 3. The van der Waals surface area contributed by atoms with E-state index in [1.165, 1.54) is 12.3 Å². The van der Waals surface area contributed by atoms with E-state index in [9.17, 15) is 10.1 Å². The van der Waals surface area contributed by atoms with Crippen LogP contribution in [0.5, 0.6) is 11.5 Å². The Hall–Kier alpha value is -4.13. The minimum Gasteiger partial charge on any atom is -0.492 e. The van der Waals surface area contributed by atoms with E-state index in [4.69, 9.17) is 21.1 Å². The number of amides is 1. The Morgan fingerprint density at radius 3 is 2.74 bits per heavy atom. The molecule has 0 bridgehead atoms. The number of benzene rings is 2. The molecule has 2 N–H and O–H groups in total. The van der Waals surface area contributed by atoms with E-state index in [-0.39, 0.29) is 12.5 Å². The van der Waals surface area contributed by atoms with Gasteiger partial charge in [0, 0.05) is 40.9 Å². The number of pyridine rings is 2. The molecule has 1 amide bonds. The zero-order valence-corrected chi connectivity index (χ0v) is 22.7. The molecule has 4 aromatic rings. The Morgan fingerprint density at radius 1 is 1.16 bits per heavy atom. The summed E-state index contributed by atoms with van der Waals surface area (Å²) >= 11 is 9.76. The molecule has 0 aliphatic rings. The quantitative estimate of drug-likeness (QED) is 0.155. The number of carbonyl (C=O) groups excluding carboxylic acids is 1. The Labute approximate surface area is 233 Å². The summed E-state index contributed by atoms with van der Waals surface area (Å²) < 4.78 is 11.6. The number of hydrogen-bond acceptors (Lipinski definition) is 7. The molecule has 0 saturated carbocycles. The number of anilines is 3. The van der Waals surface area contributed by atoms with Gasteiger partial charge in [-0.1, -0.05) is 39.7 Å². The fraction of sp³-hybridized carbons (Fsp3) is 0.143. The van der Waals surface area contributed by atoms with Crippen LogP contribution in [-0.2, 0) is 11.4 Å². The van der Waals surface area contributed by atoms with Gasteiger partial charge >= 0.3 is 0 Å². The van der Waals surface area contributed by atoms with Crippen LogP contribution in [0.25, 0.3) is 10.9 Å². The Kier molecular flexibility index (Phi) is 9.14. The van der Waals surface area contributed by atoms with Crippen molar-refractivity contribution in [1.82, 2.24) is 9.97 Å². The van der Waals surface area contributed by atoms with Gasteiger partial charge in [0.1, 0.15) is 24.2 Å². The minimum absolute atomic E-state index is 0.280. The van der Waals surface area contributed by atoms with E-state index >= 15 is 0 Å². The fourth-order valence-electron chi connectivity index (χ4n) is 3.61. The van der Waals surface area contributed by atoms with Crippen molar-refractivity contribution in [3.8, 4) is 17.6 Å². The van der Waals surface area contributed by atoms with Gasteiger partial charge in [-0.05, 0) is 43.3 Å². The van der Waals surface area contributed by atoms with E-state index in [1.807, 2.05) is 25.1 Å². The Balaban J connectivity index is 1.67. The summed E-state index contributed by atoms with van der Waals surface area (Å²) in [5.74, 6) is 0.670. The maximum absolute atomic E-state index is 12.4. The van der Waals surface area contributed by atoms with Crippen molar-refractivity contribution < 1.29 is 14.3 Å². The van der Waals surface area contributed by atoms with Crippen molar-refractivity contribution in [2.75, 3.05) is 22.6 Å². The predicted octanol–water partition coefficient (Wildman–Crippen LogP) is 6.77. The van der Waals surface area contributed by atoms with Crippen molar-refractivity contribution in [3.05, 3.63) is 89.4 Å². The van der Waals surface area contributed by atoms with Gasteiger partial charge in [-0.3, -0.25) is 14.8 Å². The van der Waals surface area contributed by atoms with Crippen molar-refractivity contribution in [2.24, 2.45) is 0 Å². The number of alkyl halides is 1. The first kappa shape index (κ1) is 26.9. The molecule has 4 rings (SSSR count). The highest BCUT2D eigenvalue weighted by Gasteiger charge is 2.16. The lowest BCUT2D eigenvalue weighted by Gasteiger charge is -2.16. The summed E-state index contributed by atoms with van der Waals surface area (Å²) in [5, 5.41) is 17.5. The monoisotopic (exact) mass is 591 g/mol. The standard InChI is InChI=1S/C28H23BrClN5O3/c1-2-37-26-14-23-21(13-24(26)35-27(36)7-5-10-29)28(18(15-31)16-33-23)34-19-8-9-25(22(30)12-19)38-17-20-6-3-4-11-32-20/h3-9,11-14,16H,2,10,17H2,1H3,(H,33,34)(H,35,36)/b7-5+. The van der Waals surface area contributed by atoms with E-state index in [2.05, 4.69) is 42.6 Å². The minimum atomic E-state index is -0.309. The molecule has 8 nitrogen and oxygen atoms in total. The number of halogens is 2. The van der Waals surface area contributed by atoms with E-state index < -0.39 is 0 Å². The zero-order chi connectivity index (χ0) is 26.9. The van der Waals surface area contributed by atoms with Crippen LogP contribution >= 0.6 is 27.5 Å². The highest BCUT2D eigenvalue weighted by atomic mass is 79.9. The van der Waals surface area contributed by atoms with E-state index in [0.717, 1.165) is 5.69 Å². The van der Waals surface area contributed by atoms with Crippen LogP contribution in [-0.4, -0.2) is 27.8 Å². The Morgan fingerprint density at radius 2 is 2.03 bits per heavy atom. The fourth-order valence-corrected chi connectivity index (χ4v) is 4.04. The third-order valence-electron chi connectivity index (χ3n) is 5.31. The van der Waals surface area contributed by atoms with Gasteiger partial charge in [-0.25, -0.2) is 0 Å². The zero-order valence-electron chi connectivity index (χ0n) is 20.4. The van der Waals surface area contributed by atoms with Crippen LogP contribution in [0.4, 0.5) is 17.1 Å². The van der Waals surface area contributed by atoms with Crippen LogP contribution in [0.15, 0.2) is 73.1 Å². The molecule has 2 aromatic carbocycles. The molecule has 2 heterocycles. The van der Waals surface area contributed by atoms with Crippen LogP contribution in [0.3, 0.4) is 0 Å². The van der Waals surface area contributed by atoms with E-state index in [1.54, 1.807) is 42.6 Å². The average molecular weight is 593 g/mol. The highest BCUT2D eigenvalue weighted by molar-refractivity contribution is 9.09. The molecule has 0 unspecified atom stereocenters. The van der Waals surface area contributed by atoms with Gasteiger partial charge in [0.05, 0.1) is 39.8 Å². The van der Waals surface area contributed by atoms with Crippen molar-refractivity contribution in [1.29, 1.82) is 5.26 Å². The predicted molar refractivity (Wildman–Crippen MR) is 152 cm³/mol. The lowest BCUT2D eigenvalue weighted by Crippen LogP contribution is -2.10. The molecule has 0 saturated heterocycles. The summed E-state index contributed by atoms with van der Waals surface area (Å²) in [4.78, 5) is 21.1. The first-order valence-corrected chi connectivity index (χ1v) is 13.1. The number of ether oxygens (including phenoxy) is 2. The third kappa shape index (κ3) is 6.59. The van der Waals surface area contributed by atoms with Crippen molar-refractivity contribution in [2.45, 2.75) is 13.5 Å². The number of carbonyl (C=O) groups is 1. The number of rotatable bonds is 10. The normalized spacial score (nSPS) is 10.8. The molecule has 10 heteroatoms. The van der Waals surface area contributed by atoms with Crippen LogP contribution < -0.4 is 20.1 Å². The molecule has 2 aromatic heterocycles. The van der Waals surface area contributed by atoms with Crippen LogP contribution in [0.2, 0.25) is 5.02 Å². The first-order valence-electron chi connectivity index (χ1n) is 11.6. The molecule has 38 heavy (non-hydrogen) atoms. The number of nitrogens with one attached hydrogen (secondary N) is 2. The van der Waals surface area contributed by atoms with Crippen LogP contribution in [0, 0.1) is 11.3 Å². The third-order valence-corrected chi connectivity index (χ3v) is 5.98. The number of allylic oxidation sites excluding steroid dienone is 1. The molecule has 192 valence electrons. The van der Waals surface area contributed by atoms with E-state index in [0.29, 0.717) is 62.0 Å². The summed E-state index contributed by atoms with van der Waals surface area (Å²) in [6.45, 7) is 2.54. The second kappa shape index (κ2) is 12.9. The Bertz CT molecular complexity index is 1520. The summed E-state index contributed by atoms with van der Waals surface area (Å²) in [6.07, 6.45) is 6.31. The molecule has 0 atom stereocenters. The number of nitriles is 1. The smallest absolute Gasteiger partial charge is 0.248 e. The van der Waals surface area contributed by atoms with Gasteiger partial charge in [-0.2, -0.15) is 5.26 Å². The first-order chi connectivity index (χ1) is 18.5. The van der Waals surface area contributed by atoms with Gasteiger partial charge in [-0.15, -0.1) is 0 Å². The average Bonchev–Trinajstić information content (AvgIpc) is 2.93. The summed E-state index contributed by atoms with van der Waals surface area (Å²) in [7, 11) is 0. The number of fused-ring (bicyclic) bond motifs is 1. The maximum atomic E-state index is 12.4. The SMILES string of the molecule is CCOc1cc2ncc(C#N)c(Nc3ccc(OCc4ccccn4)c(Cl)c3)c2cc1NC(=O)/C=C/CBr. The summed E-state index contributed by atoms with van der Waals surface area (Å²) in [5.41, 5.74) is 3.31. The maximum Gasteiger partial charge on any atom is 0.248 e. The molecule has 0 fully saturated rings. The largest absolute Gasteiger partial charge is 0.492 e. The lowest BCUT2D eigenvalue weighted by atomic mass is 10.1. The molecule has 0 aliphatic heterocycles. The number of aromatic nitrogens is 2. The molecular formula is C28H23BrClN5O3. The lowest BCUT2D eigenvalue weighted by molar-refractivity contribution is -0.111. The van der Waals surface area contributed by atoms with Gasteiger partial charge in [0.25, 0.3) is 0 Å². The van der Waals surface area contributed by atoms with Crippen molar-refractivity contribution >= 4 is 61.4 Å². The molecule has 0 spiro atoms. The molecule has 0 radical (unpaired) electrons. The molecular weight excluding hydrogens is 570 g/mol. The second-order valence-electron chi connectivity index (χ2n) is 7.88. The topological polar surface area (TPSA) is 109 Å².